The molecule has 0 spiro atoms. The van der Waals surface area contributed by atoms with Crippen LogP contribution in [0.15, 0.2) is 42.9 Å². The average Bonchev–Trinajstić information content (AvgIpc) is 3.07. The van der Waals surface area contributed by atoms with Crippen LogP contribution in [0.5, 0.6) is 0 Å². The van der Waals surface area contributed by atoms with Crippen LogP contribution >= 0.6 is 0 Å². The average molecular weight is 296 g/mol. The Balaban J connectivity index is 1.64. The lowest BCUT2D eigenvalue weighted by Gasteiger charge is -2.14. The Bertz CT molecular complexity index is 624. The normalized spacial score (nSPS) is 14.7. The van der Waals surface area contributed by atoms with Gasteiger partial charge in [-0.15, -0.1) is 0 Å². The molecule has 3 rings (SSSR count). The third-order valence-corrected chi connectivity index (χ3v) is 3.97. The van der Waals surface area contributed by atoms with Crippen LogP contribution < -0.4 is 10.6 Å². The first-order valence-electron chi connectivity index (χ1n) is 7.71. The Kier molecular flexibility index (Phi) is 4.63. The van der Waals surface area contributed by atoms with E-state index in [0.717, 1.165) is 29.7 Å². The van der Waals surface area contributed by atoms with E-state index in [0.29, 0.717) is 12.6 Å². The van der Waals surface area contributed by atoms with Gasteiger partial charge in [-0.05, 0) is 36.6 Å². The third-order valence-electron chi connectivity index (χ3n) is 3.97. The molecule has 2 aromatic rings. The van der Waals surface area contributed by atoms with E-state index in [9.17, 15) is 4.79 Å². The number of pyridine rings is 2. The van der Waals surface area contributed by atoms with E-state index in [2.05, 4.69) is 20.6 Å². The number of aromatic nitrogens is 2. The minimum absolute atomic E-state index is 0.101. The number of hydrogen-bond donors (Lipinski definition) is 2. The maximum absolute atomic E-state index is 12.0. The van der Waals surface area contributed by atoms with Gasteiger partial charge in [-0.25, -0.2) is 4.79 Å². The second-order valence-corrected chi connectivity index (χ2v) is 5.56. The van der Waals surface area contributed by atoms with Crippen LogP contribution in [-0.4, -0.2) is 22.0 Å². The molecule has 0 unspecified atom stereocenters. The highest BCUT2D eigenvalue weighted by molar-refractivity contribution is 5.74. The molecule has 22 heavy (non-hydrogen) atoms. The van der Waals surface area contributed by atoms with Crippen molar-refractivity contribution in [3.8, 4) is 11.3 Å². The minimum Gasteiger partial charge on any atom is -0.335 e. The highest BCUT2D eigenvalue weighted by Crippen LogP contribution is 2.20. The van der Waals surface area contributed by atoms with Crippen LogP contribution in [0.1, 0.15) is 31.2 Å². The summed E-state index contributed by atoms with van der Waals surface area (Å²) in [5.41, 5.74) is 2.88. The predicted octanol–water partition coefficient (Wildman–Crippen LogP) is 2.89. The molecule has 2 N–H and O–H groups in total. The van der Waals surface area contributed by atoms with Crippen molar-refractivity contribution >= 4 is 6.03 Å². The lowest BCUT2D eigenvalue weighted by Crippen LogP contribution is -2.40. The molecule has 1 aliphatic carbocycles. The summed E-state index contributed by atoms with van der Waals surface area (Å²) in [6.45, 7) is 0.462. The van der Waals surface area contributed by atoms with Crippen LogP contribution in [0.25, 0.3) is 11.3 Å². The largest absolute Gasteiger partial charge is 0.335 e. The summed E-state index contributed by atoms with van der Waals surface area (Å²) in [7, 11) is 0. The Hall–Kier alpha value is -2.43. The number of rotatable bonds is 4. The molecule has 0 saturated heterocycles. The number of amides is 2. The maximum atomic E-state index is 12.0. The zero-order valence-electron chi connectivity index (χ0n) is 12.5. The third kappa shape index (κ3) is 3.61. The molecule has 5 heteroatoms. The Morgan fingerprint density at radius 3 is 2.68 bits per heavy atom. The number of carbonyl (C=O) groups excluding carboxylic acids is 1. The molecule has 0 aliphatic heterocycles. The molecule has 1 saturated carbocycles. The van der Waals surface area contributed by atoms with Gasteiger partial charge in [0, 0.05) is 36.7 Å². The first-order chi connectivity index (χ1) is 10.8. The molecule has 5 nitrogen and oxygen atoms in total. The number of hydrogen-bond acceptors (Lipinski definition) is 3. The van der Waals surface area contributed by atoms with E-state index in [1.54, 1.807) is 18.6 Å². The van der Waals surface area contributed by atoms with Crippen molar-refractivity contribution in [1.82, 2.24) is 20.6 Å². The van der Waals surface area contributed by atoms with Gasteiger partial charge < -0.3 is 10.6 Å². The Labute approximate surface area is 130 Å². The number of nitrogens with one attached hydrogen (secondary N) is 2. The van der Waals surface area contributed by atoms with Gasteiger partial charge in [-0.1, -0.05) is 18.9 Å². The topological polar surface area (TPSA) is 66.9 Å². The van der Waals surface area contributed by atoms with Crippen molar-refractivity contribution < 1.29 is 4.79 Å². The van der Waals surface area contributed by atoms with Gasteiger partial charge in [0.05, 0.1) is 5.69 Å². The summed E-state index contributed by atoms with van der Waals surface area (Å²) in [5, 5.41) is 5.96. The second-order valence-electron chi connectivity index (χ2n) is 5.56. The molecule has 1 aliphatic rings. The van der Waals surface area contributed by atoms with E-state index < -0.39 is 0 Å². The van der Waals surface area contributed by atoms with Gasteiger partial charge in [-0.3, -0.25) is 9.97 Å². The van der Waals surface area contributed by atoms with E-state index >= 15 is 0 Å². The van der Waals surface area contributed by atoms with E-state index in [1.807, 2.05) is 24.3 Å². The van der Waals surface area contributed by atoms with Crippen molar-refractivity contribution in [2.75, 3.05) is 0 Å². The van der Waals surface area contributed by atoms with Gasteiger partial charge in [0.25, 0.3) is 0 Å². The SMILES string of the molecule is O=C(NCc1cccnc1-c1ccncc1)NC1CCCC1. The first-order valence-corrected chi connectivity index (χ1v) is 7.71. The molecule has 114 valence electrons. The van der Waals surface area contributed by atoms with Crippen molar-refractivity contribution in [1.29, 1.82) is 0 Å². The summed E-state index contributed by atoms with van der Waals surface area (Å²) in [6.07, 6.45) is 9.84. The fraction of sp³-hybridized carbons (Fsp3) is 0.353. The minimum atomic E-state index is -0.101. The van der Waals surface area contributed by atoms with Crippen LogP contribution in [-0.2, 0) is 6.54 Å². The Morgan fingerprint density at radius 2 is 1.91 bits per heavy atom. The zero-order valence-corrected chi connectivity index (χ0v) is 12.5. The standard InChI is InChI=1S/C17H20N4O/c22-17(21-15-5-1-2-6-15)20-12-14-4-3-9-19-16(14)13-7-10-18-11-8-13/h3-4,7-11,15H,1-2,5-6,12H2,(H2,20,21,22). The molecular weight excluding hydrogens is 276 g/mol. The molecule has 0 radical (unpaired) electrons. The molecule has 0 atom stereocenters. The second kappa shape index (κ2) is 7.02. The lowest BCUT2D eigenvalue weighted by molar-refractivity contribution is 0.236. The van der Waals surface area contributed by atoms with Crippen LogP contribution in [0, 0.1) is 0 Å². The van der Waals surface area contributed by atoms with Gasteiger partial charge in [-0.2, -0.15) is 0 Å². The number of carbonyl (C=O) groups is 1. The van der Waals surface area contributed by atoms with Gasteiger partial charge in [0.15, 0.2) is 0 Å². The fourth-order valence-corrected chi connectivity index (χ4v) is 2.83. The molecule has 2 heterocycles. The van der Waals surface area contributed by atoms with Crippen molar-refractivity contribution in [2.24, 2.45) is 0 Å². The zero-order chi connectivity index (χ0) is 15.2. The number of nitrogens with zero attached hydrogens (tertiary/aromatic N) is 2. The summed E-state index contributed by atoms with van der Waals surface area (Å²) in [5.74, 6) is 0. The van der Waals surface area contributed by atoms with E-state index in [1.165, 1.54) is 12.8 Å². The molecule has 0 bridgehead atoms. The van der Waals surface area contributed by atoms with E-state index in [4.69, 9.17) is 0 Å². The molecule has 2 aromatic heterocycles. The van der Waals surface area contributed by atoms with Crippen molar-refractivity contribution in [3.63, 3.8) is 0 Å². The van der Waals surface area contributed by atoms with Crippen LogP contribution in [0.2, 0.25) is 0 Å². The number of urea groups is 1. The van der Waals surface area contributed by atoms with Gasteiger partial charge in [0.2, 0.25) is 0 Å². The summed E-state index contributed by atoms with van der Waals surface area (Å²) in [6, 6.07) is 7.94. The van der Waals surface area contributed by atoms with Crippen molar-refractivity contribution in [3.05, 3.63) is 48.4 Å². The summed E-state index contributed by atoms with van der Waals surface area (Å²) < 4.78 is 0. The quantitative estimate of drug-likeness (QED) is 0.911. The predicted molar refractivity (Wildman–Crippen MR) is 85.1 cm³/mol. The molecular formula is C17H20N4O. The van der Waals surface area contributed by atoms with Gasteiger partial charge in [0.1, 0.15) is 0 Å². The summed E-state index contributed by atoms with van der Waals surface area (Å²) >= 11 is 0. The lowest BCUT2D eigenvalue weighted by atomic mass is 10.1. The fourth-order valence-electron chi connectivity index (χ4n) is 2.83. The molecule has 2 amide bonds. The van der Waals surface area contributed by atoms with Crippen LogP contribution in [0.4, 0.5) is 4.79 Å². The smallest absolute Gasteiger partial charge is 0.315 e. The van der Waals surface area contributed by atoms with Gasteiger partial charge >= 0.3 is 6.03 Å². The highest BCUT2D eigenvalue weighted by Gasteiger charge is 2.17. The highest BCUT2D eigenvalue weighted by atomic mass is 16.2. The van der Waals surface area contributed by atoms with Crippen molar-refractivity contribution in [2.45, 2.75) is 38.3 Å². The van der Waals surface area contributed by atoms with E-state index in [-0.39, 0.29) is 6.03 Å². The maximum Gasteiger partial charge on any atom is 0.315 e. The molecule has 1 fully saturated rings. The summed E-state index contributed by atoms with van der Waals surface area (Å²) in [4.78, 5) is 20.4. The first kappa shape index (κ1) is 14.5. The molecule has 0 aromatic carbocycles. The van der Waals surface area contributed by atoms with Crippen LogP contribution in [0.3, 0.4) is 0 Å². The Morgan fingerprint density at radius 1 is 1.14 bits per heavy atom. The monoisotopic (exact) mass is 296 g/mol.